The van der Waals surface area contributed by atoms with E-state index in [1.54, 1.807) is 5.01 Å². The lowest BCUT2D eigenvalue weighted by atomic mass is 10.2. The van der Waals surface area contributed by atoms with Gasteiger partial charge in [0.1, 0.15) is 6.07 Å². The maximum absolute atomic E-state index is 8.87. The highest BCUT2D eigenvalue weighted by atomic mass is 79.9. The van der Waals surface area contributed by atoms with Crippen LogP contribution in [0.2, 0.25) is 0 Å². The second-order valence-corrected chi connectivity index (χ2v) is 3.63. The summed E-state index contributed by atoms with van der Waals surface area (Å²) in [6.07, 6.45) is 0. The first-order valence-corrected chi connectivity index (χ1v) is 4.57. The molecule has 0 aliphatic rings. The average Bonchev–Trinajstić information content (AvgIpc) is 2.03. The van der Waals surface area contributed by atoms with E-state index in [-0.39, 0.29) is 0 Å². The van der Waals surface area contributed by atoms with Crippen molar-refractivity contribution in [3.05, 3.63) is 28.2 Å². The molecule has 0 saturated carbocycles. The molecule has 0 radical (unpaired) electrons. The van der Waals surface area contributed by atoms with E-state index in [9.17, 15) is 0 Å². The Morgan fingerprint density at radius 1 is 1.46 bits per heavy atom. The molecule has 1 aromatic carbocycles. The Labute approximate surface area is 86.1 Å². The van der Waals surface area contributed by atoms with E-state index in [0.29, 0.717) is 5.56 Å². The van der Waals surface area contributed by atoms with Crippen molar-refractivity contribution < 1.29 is 0 Å². The minimum absolute atomic E-state index is 0.621. The summed E-state index contributed by atoms with van der Waals surface area (Å²) in [6, 6.07) is 7.73. The highest BCUT2D eigenvalue weighted by Gasteiger charge is 2.05. The monoisotopic (exact) mass is 239 g/mol. The third kappa shape index (κ3) is 2.44. The average molecular weight is 240 g/mol. The molecule has 1 aromatic rings. The number of benzene rings is 1. The van der Waals surface area contributed by atoms with E-state index < -0.39 is 0 Å². The van der Waals surface area contributed by atoms with E-state index in [1.807, 2.05) is 32.3 Å². The fourth-order valence-electron chi connectivity index (χ4n) is 0.972. The fraction of sp³-hybridized carbons (Fsp3) is 0.222. The van der Waals surface area contributed by atoms with Crippen molar-refractivity contribution >= 4 is 21.6 Å². The van der Waals surface area contributed by atoms with Gasteiger partial charge in [-0.15, -0.1) is 0 Å². The topological polar surface area (TPSA) is 39.1 Å². The molecular weight excluding hydrogens is 230 g/mol. The number of hydrazine groups is 1. The number of anilines is 1. The van der Waals surface area contributed by atoms with Gasteiger partial charge in [-0.2, -0.15) is 5.26 Å². The predicted octanol–water partition coefficient (Wildman–Crippen LogP) is 2.21. The van der Waals surface area contributed by atoms with Gasteiger partial charge >= 0.3 is 0 Å². The maximum atomic E-state index is 8.87. The van der Waals surface area contributed by atoms with Gasteiger partial charge < -0.3 is 5.43 Å². The summed E-state index contributed by atoms with van der Waals surface area (Å²) >= 11 is 3.32. The van der Waals surface area contributed by atoms with Crippen molar-refractivity contribution in [2.24, 2.45) is 0 Å². The minimum Gasteiger partial charge on any atom is -0.318 e. The molecule has 0 heterocycles. The van der Waals surface area contributed by atoms with Gasteiger partial charge in [0, 0.05) is 18.6 Å². The molecule has 68 valence electrons. The van der Waals surface area contributed by atoms with Crippen molar-refractivity contribution in [3.63, 3.8) is 0 Å². The molecule has 3 nitrogen and oxygen atoms in total. The largest absolute Gasteiger partial charge is 0.318 e. The van der Waals surface area contributed by atoms with Crippen LogP contribution < -0.4 is 5.43 Å². The normalized spacial score (nSPS) is 9.77. The maximum Gasteiger partial charge on any atom is 0.103 e. The molecule has 1 N–H and O–H groups in total. The molecule has 0 aliphatic carbocycles. The van der Waals surface area contributed by atoms with E-state index >= 15 is 0 Å². The van der Waals surface area contributed by atoms with Crippen LogP contribution in [-0.2, 0) is 0 Å². The standard InChI is InChI=1S/C9H10BrN3/c1-13(2)12-9-5-3-4-8(10)7(9)6-11/h3-5,12H,1-2H3. The third-order valence-electron chi connectivity index (χ3n) is 1.47. The lowest BCUT2D eigenvalue weighted by molar-refractivity contribution is 0.495. The Morgan fingerprint density at radius 3 is 2.69 bits per heavy atom. The molecule has 0 bridgehead atoms. The van der Waals surface area contributed by atoms with Gasteiger partial charge in [-0.3, -0.25) is 0 Å². The van der Waals surface area contributed by atoms with Crippen LogP contribution in [0.5, 0.6) is 0 Å². The molecule has 0 fully saturated rings. The minimum atomic E-state index is 0.621. The Kier molecular flexibility index (Phi) is 3.29. The smallest absolute Gasteiger partial charge is 0.103 e. The molecule has 0 unspecified atom stereocenters. The number of nitriles is 1. The number of nitrogens with one attached hydrogen (secondary N) is 1. The SMILES string of the molecule is CN(C)Nc1cccc(Br)c1C#N. The lowest BCUT2D eigenvalue weighted by Gasteiger charge is -2.14. The van der Waals surface area contributed by atoms with Crippen LogP contribution >= 0.6 is 15.9 Å². The molecule has 0 amide bonds. The quantitative estimate of drug-likeness (QED) is 0.805. The highest BCUT2D eigenvalue weighted by Crippen LogP contribution is 2.23. The van der Waals surface area contributed by atoms with Gasteiger partial charge in [-0.05, 0) is 28.1 Å². The summed E-state index contributed by atoms with van der Waals surface area (Å²) in [4.78, 5) is 0. The van der Waals surface area contributed by atoms with Crippen LogP contribution in [0.4, 0.5) is 5.69 Å². The molecular formula is C9H10BrN3. The summed E-state index contributed by atoms with van der Waals surface area (Å²) in [5.74, 6) is 0. The Balaban J connectivity index is 3.07. The predicted molar refractivity (Wildman–Crippen MR) is 56.2 cm³/mol. The van der Waals surface area contributed by atoms with Crippen LogP contribution in [0.25, 0.3) is 0 Å². The van der Waals surface area contributed by atoms with E-state index in [2.05, 4.69) is 27.4 Å². The van der Waals surface area contributed by atoms with Gasteiger partial charge in [-0.1, -0.05) is 6.07 Å². The number of rotatable bonds is 2. The van der Waals surface area contributed by atoms with E-state index in [1.165, 1.54) is 0 Å². The van der Waals surface area contributed by atoms with Gasteiger partial charge in [0.15, 0.2) is 0 Å². The van der Waals surface area contributed by atoms with Crippen LogP contribution in [0.15, 0.2) is 22.7 Å². The summed E-state index contributed by atoms with van der Waals surface area (Å²) in [6.45, 7) is 0. The first-order chi connectivity index (χ1) is 6.15. The second kappa shape index (κ2) is 4.26. The highest BCUT2D eigenvalue weighted by molar-refractivity contribution is 9.10. The number of hydrogen-bond donors (Lipinski definition) is 1. The van der Waals surface area contributed by atoms with Gasteiger partial charge in [0.2, 0.25) is 0 Å². The van der Waals surface area contributed by atoms with Crippen LogP contribution in [-0.4, -0.2) is 19.1 Å². The van der Waals surface area contributed by atoms with Crippen molar-refractivity contribution in [2.75, 3.05) is 19.5 Å². The zero-order valence-electron chi connectivity index (χ0n) is 7.50. The molecule has 0 aliphatic heterocycles. The Hall–Kier alpha value is -1.05. The number of nitrogens with zero attached hydrogens (tertiary/aromatic N) is 2. The third-order valence-corrected chi connectivity index (χ3v) is 2.13. The molecule has 4 heteroatoms. The molecule has 0 atom stereocenters. The van der Waals surface area contributed by atoms with Crippen molar-refractivity contribution in [2.45, 2.75) is 0 Å². The summed E-state index contributed by atoms with van der Waals surface area (Å²) < 4.78 is 0.807. The van der Waals surface area contributed by atoms with Crippen LogP contribution in [0.1, 0.15) is 5.56 Å². The molecule has 0 spiro atoms. The zero-order chi connectivity index (χ0) is 9.84. The van der Waals surface area contributed by atoms with Gasteiger partial charge in [-0.25, -0.2) is 5.01 Å². The van der Waals surface area contributed by atoms with E-state index in [0.717, 1.165) is 10.2 Å². The first kappa shape index (κ1) is 10.0. The number of halogens is 1. The lowest BCUT2D eigenvalue weighted by Crippen LogP contribution is -2.20. The molecule has 0 aromatic heterocycles. The summed E-state index contributed by atoms with van der Waals surface area (Å²) in [5.41, 5.74) is 4.47. The summed E-state index contributed by atoms with van der Waals surface area (Å²) in [5, 5.41) is 10.7. The van der Waals surface area contributed by atoms with Crippen molar-refractivity contribution in [1.29, 1.82) is 5.26 Å². The molecule has 13 heavy (non-hydrogen) atoms. The van der Waals surface area contributed by atoms with Crippen LogP contribution in [0.3, 0.4) is 0 Å². The molecule has 0 saturated heterocycles. The van der Waals surface area contributed by atoms with Gasteiger partial charge in [0.25, 0.3) is 0 Å². The Bertz CT molecular complexity index is 341. The van der Waals surface area contributed by atoms with E-state index in [4.69, 9.17) is 5.26 Å². The first-order valence-electron chi connectivity index (χ1n) is 3.77. The molecule has 1 rings (SSSR count). The Morgan fingerprint density at radius 2 is 2.15 bits per heavy atom. The van der Waals surface area contributed by atoms with Crippen molar-refractivity contribution in [3.8, 4) is 6.07 Å². The van der Waals surface area contributed by atoms with Crippen LogP contribution in [0, 0.1) is 11.3 Å². The van der Waals surface area contributed by atoms with Crippen molar-refractivity contribution in [1.82, 2.24) is 5.01 Å². The number of hydrogen-bond acceptors (Lipinski definition) is 3. The summed E-state index contributed by atoms with van der Waals surface area (Å²) in [7, 11) is 3.75. The second-order valence-electron chi connectivity index (χ2n) is 2.78. The zero-order valence-corrected chi connectivity index (χ0v) is 9.09. The fourth-order valence-corrected chi connectivity index (χ4v) is 1.43. The van der Waals surface area contributed by atoms with Gasteiger partial charge in [0.05, 0.1) is 11.3 Å².